The predicted molar refractivity (Wildman–Crippen MR) is 76.8 cm³/mol. The largest absolute Gasteiger partial charge is 0.494 e. The highest BCUT2D eigenvalue weighted by atomic mass is 16.7. The third-order valence-corrected chi connectivity index (χ3v) is 3.18. The second-order valence-electron chi connectivity index (χ2n) is 4.78. The van der Waals surface area contributed by atoms with Crippen molar-refractivity contribution in [3.8, 4) is 0 Å². The van der Waals surface area contributed by atoms with Crippen LogP contribution >= 0.6 is 0 Å². The molecule has 1 saturated heterocycles. The molecule has 0 spiro atoms. The van der Waals surface area contributed by atoms with E-state index >= 15 is 0 Å². The van der Waals surface area contributed by atoms with E-state index in [1.54, 1.807) is 0 Å². The highest BCUT2D eigenvalue weighted by molar-refractivity contribution is 6.62. The summed E-state index contributed by atoms with van der Waals surface area (Å²) in [7, 11) is -0.267. The lowest BCUT2D eigenvalue weighted by atomic mass is 9.78. The molecule has 3 nitrogen and oxygen atoms in total. The Morgan fingerprint density at radius 3 is 2.50 bits per heavy atom. The van der Waals surface area contributed by atoms with Crippen molar-refractivity contribution in [2.75, 3.05) is 0 Å². The summed E-state index contributed by atoms with van der Waals surface area (Å²) in [6.07, 6.45) is 0.0963. The Bertz CT molecular complexity index is 382. The molecule has 18 heavy (non-hydrogen) atoms. The van der Waals surface area contributed by atoms with Crippen molar-refractivity contribution in [1.82, 2.24) is 0 Å². The molecule has 0 aromatic heterocycles. The van der Waals surface area contributed by atoms with Gasteiger partial charge in [-0.15, -0.1) is 0 Å². The van der Waals surface area contributed by atoms with Crippen molar-refractivity contribution in [3.63, 3.8) is 0 Å². The van der Waals surface area contributed by atoms with Crippen LogP contribution in [0, 0.1) is 0 Å². The lowest BCUT2D eigenvalue weighted by Crippen LogP contribution is -2.35. The third kappa shape index (κ3) is 3.34. The maximum atomic E-state index is 5.88. The van der Waals surface area contributed by atoms with E-state index in [4.69, 9.17) is 15.0 Å². The van der Waals surface area contributed by atoms with E-state index in [9.17, 15) is 0 Å². The minimum Gasteiger partial charge on any atom is -0.402 e. The van der Waals surface area contributed by atoms with Crippen molar-refractivity contribution in [2.45, 2.75) is 52.9 Å². The SMILES string of the molecule is CC.CC1OB(c2cccc(CN)c2)OC1(C)C. The van der Waals surface area contributed by atoms with Gasteiger partial charge in [-0.3, -0.25) is 0 Å². The molecule has 0 radical (unpaired) electrons. The molecule has 0 bridgehead atoms. The normalized spacial score (nSPS) is 21.4. The summed E-state index contributed by atoms with van der Waals surface area (Å²) in [5, 5.41) is 0. The van der Waals surface area contributed by atoms with E-state index in [0.717, 1.165) is 11.0 Å². The van der Waals surface area contributed by atoms with Gasteiger partial charge in [0.25, 0.3) is 0 Å². The van der Waals surface area contributed by atoms with Gasteiger partial charge in [0.1, 0.15) is 0 Å². The first kappa shape index (κ1) is 15.2. The molecule has 100 valence electrons. The van der Waals surface area contributed by atoms with E-state index < -0.39 is 0 Å². The Morgan fingerprint density at radius 1 is 1.33 bits per heavy atom. The Kier molecular flexibility index (Phi) is 5.38. The fourth-order valence-electron chi connectivity index (χ4n) is 1.76. The van der Waals surface area contributed by atoms with E-state index in [-0.39, 0.29) is 18.8 Å². The van der Waals surface area contributed by atoms with Gasteiger partial charge >= 0.3 is 7.12 Å². The molecule has 1 aliphatic heterocycles. The predicted octanol–water partition coefficient (Wildman–Crippen LogP) is 2.08. The van der Waals surface area contributed by atoms with Gasteiger partial charge in [-0.2, -0.15) is 0 Å². The molecule has 0 saturated carbocycles. The minimum atomic E-state index is -0.267. The molecule has 0 aliphatic carbocycles. The molecule has 1 unspecified atom stereocenters. The molecule has 2 N–H and O–H groups in total. The van der Waals surface area contributed by atoms with Crippen LogP contribution in [0.25, 0.3) is 0 Å². The van der Waals surface area contributed by atoms with Gasteiger partial charge < -0.3 is 15.0 Å². The highest BCUT2D eigenvalue weighted by Gasteiger charge is 2.43. The van der Waals surface area contributed by atoms with E-state index in [1.807, 2.05) is 58.9 Å². The van der Waals surface area contributed by atoms with Crippen LogP contribution in [-0.4, -0.2) is 18.8 Å². The number of hydrogen-bond acceptors (Lipinski definition) is 3. The summed E-state index contributed by atoms with van der Waals surface area (Å²) in [5.41, 5.74) is 7.52. The standard InChI is InChI=1S/C12H18BNO2.C2H6/c1-9-12(2,3)16-13(15-9)11-6-4-5-10(7-11)8-14;1-2/h4-7,9H,8,14H2,1-3H3;1-2H3. The van der Waals surface area contributed by atoms with Crippen LogP contribution in [-0.2, 0) is 15.9 Å². The fraction of sp³-hybridized carbons (Fsp3) is 0.571. The van der Waals surface area contributed by atoms with Crippen molar-refractivity contribution >= 4 is 12.6 Å². The first-order chi connectivity index (χ1) is 8.53. The smallest absolute Gasteiger partial charge is 0.402 e. The van der Waals surface area contributed by atoms with Crippen LogP contribution in [0.3, 0.4) is 0 Å². The van der Waals surface area contributed by atoms with Crippen LogP contribution in [0.5, 0.6) is 0 Å². The summed E-state index contributed by atoms with van der Waals surface area (Å²) >= 11 is 0. The van der Waals surface area contributed by atoms with Gasteiger partial charge in [0.05, 0.1) is 11.7 Å². The molecule has 1 aromatic carbocycles. The van der Waals surface area contributed by atoms with Gasteiger partial charge in [0, 0.05) is 6.54 Å². The average molecular weight is 249 g/mol. The van der Waals surface area contributed by atoms with E-state index in [0.29, 0.717) is 6.54 Å². The lowest BCUT2D eigenvalue weighted by molar-refractivity contribution is 0.0842. The number of rotatable bonds is 2. The summed E-state index contributed by atoms with van der Waals surface area (Å²) in [6, 6.07) is 8.05. The maximum Gasteiger partial charge on any atom is 0.494 e. The van der Waals surface area contributed by atoms with Crippen molar-refractivity contribution in [2.24, 2.45) is 5.73 Å². The van der Waals surface area contributed by atoms with Crippen LogP contribution in [0.15, 0.2) is 24.3 Å². The molecular formula is C14H24BNO2. The minimum absolute atomic E-state index is 0.0963. The second kappa shape index (κ2) is 6.37. The fourth-order valence-corrected chi connectivity index (χ4v) is 1.76. The van der Waals surface area contributed by atoms with Crippen LogP contribution in [0.1, 0.15) is 40.2 Å². The topological polar surface area (TPSA) is 44.5 Å². The molecular weight excluding hydrogens is 225 g/mol. The molecule has 2 rings (SSSR count). The molecule has 1 atom stereocenters. The van der Waals surface area contributed by atoms with E-state index in [2.05, 4.69) is 0 Å². The Labute approximate surface area is 111 Å². The van der Waals surface area contributed by atoms with Gasteiger partial charge in [0.15, 0.2) is 0 Å². The molecule has 4 heteroatoms. The number of nitrogens with two attached hydrogens (primary N) is 1. The maximum absolute atomic E-state index is 5.88. The van der Waals surface area contributed by atoms with Gasteiger partial charge in [0.2, 0.25) is 0 Å². The highest BCUT2D eigenvalue weighted by Crippen LogP contribution is 2.26. The molecule has 1 heterocycles. The number of hydrogen-bond donors (Lipinski definition) is 1. The first-order valence-electron chi connectivity index (χ1n) is 6.65. The number of benzene rings is 1. The van der Waals surface area contributed by atoms with Crippen molar-refractivity contribution in [3.05, 3.63) is 29.8 Å². The van der Waals surface area contributed by atoms with E-state index in [1.165, 1.54) is 0 Å². The summed E-state index contributed by atoms with van der Waals surface area (Å²) in [6.45, 7) is 10.7. The Morgan fingerprint density at radius 2 is 2.00 bits per heavy atom. The Balaban J connectivity index is 0.000000771. The van der Waals surface area contributed by atoms with Gasteiger partial charge in [-0.25, -0.2) is 0 Å². The lowest BCUT2D eigenvalue weighted by Gasteiger charge is -2.21. The van der Waals surface area contributed by atoms with Crippen molar-refractivity contribution in [1.29, 1.82) is 0 Å². The van der Waals surface area contributed by atoms with Gasteiger partial charge in [-0.1, -0.05) is 38.1 Å². The van der Waals surface area contributed by atoms with Crippen molar-refractivity contribution < 1.29 is 9.31 Å². The second-order valence-corrected chi connectivity index (χ2v) is 4.78. The molecule has 1 aliphatic rings. The van der Waals surface area contributed by atoms with Crippen LogP contribution < -0.4 is 11.2 Å². The van der Waals surface area contributed by atoms with Crippen LogP contribution in [0.2, 0.25) is 0 Å². The zero-order chi connectivity index (χ0) is 13.8. The summed E-state index contributed by atoms with van der Waals surface area (Å²) < 4.78 is 11.7. The van der Waals surface area contributed by atoms with Gasteiger partial charge in [-0.05, 0) is 31.8 Å². The molecule has 0 amide bonds. The molecule has 1 fully saturated rings. The molecule has 1 aromatic rings. The summed E-state index contributed by atoms with van der Waals surface area (Å²) in [5.74, 6) is 0. The zero-order valence-electron chi connectivity index (χ0n) is 12.1. The summed E-state index contributed by atoms with van der Waals surface area (Å²) in [4.78, 5) is 0. The quantitative estimate of drug-likeness (QED) is 0.816. The Hall–Kier alpha value is -0.835. The monoisotopic (exact) mass is 249 g/mol. The van der Waals surface area contributed by atoms with Crippen LogP contribution in [0.4, 0.5) is 0 Å². The zero-order valence-corrected chi connectivity index (χ0v) is 12.1. The average Bonchev–Trinajstić information content (AvgIpc) is 2.66. The third-order valence-electron chi connectivity index (χ3n) is 3.18. The first-order valence-corrected chi connectivity index (χ1v) is 6.65.